The van der Waals surface area contributed by atoms with Gasteiger partial charge in [-0.25, -0.2) is 0 Å². The minimum absolute atomic E-state index is 0.0440. The summed E-state index contributed by atoms with van der Waals surface area (Å²) in [6.45, 7) is 4.42. The van der Waals surface area contributed by atoms with E-state index in [1.165, 1.54) is 0 Å². The number of rotatable bonds is 9. The number of anilines is 1. The second kappa shape index (κ2) is 11.7. The Morgan fingerprint density at radius 3 is 2.58 bits per heavy atom. The summed E-state index contributed by atoms with van der Waals surface area (Å²) in [5.74, 6) is -0.685. The van der Waals surface area contributed by atoms with Gasteiger partial charge in [0.1, 0.15) is 11.6 Å². The average molecular weight is 588 g/mol. The molecule has 4 aliphatic rings. The van der Waals surface area contributed by atoms with Gasteiger partial charge in [-0.3, -0.25) is 14.4 Å². The Kier molecular flexibility index (Phi) is 7.94. The maximum absolute atomic E-state index is 14.3. The number of hydrogen-bond acceptors (Lipinski definition) is 6. The highest BCUT2D eigenvalue weighted by Crippen LogP contribution is 2.55. The fourth-order valence-corrected chi connectivity index (χ4v) is 7.53. The Labute approximate surface area is 252 Å². The second-order valence-corrected chi connectivity index (χ2v) is 12.4. The van der Waals surface area contributed by atoms with Crippen LogP contribution in [0.25, 0.3) is 0 Å². The van der Waals surface area contributed by atoms with E-state index in [9.17, 15) is 14.4 Å². The fraction of sp³-hybridized carbons (Fsp3) is 0.500. The molecule has 7 atom stereocenters. The molecule has 1 spiro atoms. The molecule has 228 valence electrons. The lowest BCUT2D eigenvalue weighted by Gasteiger charge is -2.36. The van der Waals surface area contributed by atoms with Gasteiger partial charge in [-0.05, 0) is 67.5 Å². The first-order chi connectivity index (χ1) is 20.8. The summed E-state index contributed by atoms with van der Waals surface area (Å²) < 4.78 is 17.4. The molecule has 9 heteroatoms. The number of carbonyl (C=O) groups is 3. The van der Waals surface area contributed by atoms with E-state index in [4.69, 9.17) is 14.2 Å². The lowest BCUT2D eigenvalue weighted by molar-refractivity contribution is -0.141. The van der Waals surface area contributed by atoms with Crippen LogP contribution in [-0.4, -0.2) is 67.2 Å². The summed E-state index contributed by atoms with van der Waals surface area (Å²) in [5, 5.41) is 6.29. The normalized spacial score (nSPS) is 30.7. The minimum atomic E-state index is -1.20. The van der Waals surface area contributed by atoms with Gasteiger partial charge < -0.3 is 29.7 Å². The summed E-state index contributed by atoms with van der Waals surface area (Å²) in [6.07, 6.45) is 7.83. The molecule has 6 rings (SSSR count). The van der Waals surface area contributed by atoms with Crippen LogP contribution in [0.4, 0.5) is 5.69 Å². The van der Waals surface area contributed by atoms with Gasteiger partial charge >= 0.3 is 0 Å². The standard InChI is InChI=1S/C34H41N3O6/c1-20-8-7-10-23(18-20)35-31(38)28-26-14-16-34(43-26)29(28)33(40)37(17-15-22-12-13-25(41-3)27(19-22)42-4)30(34)32(39)36-24-11-6-5-9-21(24)2/h7-8,10,12-14,16,18-19,21,24,26,28-30H,5-6,9,11,15,17H2,1-4H3,(H,35,38)(H,36,39)/t21?,24?,26-,28?,29-,30?,34?/m1/s1. The third-order valence-corrected chi connectivity index (χ3v) is 9.74. The number of benzene rings is 2. The topological polar surface area (TPSA) is 106 Å². The van der Waals surface area contributed by atoms with E-state index < -0.39 is 29.6 Å². The number of fused-ring (bicyclic) bond motifs is 1. The van der Waals surface area contributed by atoms with E-state index in [0.29, 0.717) is 36.1 Å². The molecule has 2 saturated heterocycles. The smallest absolute Gasteiger partial charge is 0.246 e. The number of aryl methyl sites for hydroxylation is 1. The van der Waals surface area contributed by atoms with Gasteiger partial charge in [-0.1, -0.05) is 50.1 Å². The molecule has 3 heterocycles. The van der Waals surface area contributed by atoms with Crippen LogP contribution in [0, 0.1) is 24.7 Å². The van der Waals surface area contributed by atoms with Gasteiger partial charge in [0.15, 0.2) is 11.5 Å². The first kappa shape index (κ1) is 29.2. The molecule has 3 aliphatic heterocycles. The molecule has 3 fully saturated rings. The molecule has 1 aliphatic carbocycles. The van der Waals surface area contributed by atoms with Gasteiger partial charge in [-0.2, -0.15) is 0 Å². The number of ether oxygens (including phenoxy) is 3. The molecule has 5 unspecified atom stereocenters. The maximum atomic E-state index is 14.3. The zero-order valence-electron chi connectivity index (χ0n) is 25.3. The first-order valence-corrected chi connectivity index (χ1v) is 15.3. The van der Waals surface area contributed by atoms with Gasteiger partial charge in [0.2, 0.25) is 17.7 Å². The molecular formula is C34H41N3O6. The third-order valence-electron chi connectivity index (χ3n) is 9.74. The Morgan fingerprint density at radius 1 is 1.05 bits per heavy atom. The predicted octanol–water partition coefficient (Wildman–Crippen LogP) is 4.04. The van der Waals surface area contributed by atoms with Crippen LogP contribution in [0.5, 0.6) is 11.5 Å². The Hall–Kier alpha value is -3.85. The SMILES string of the molecule is COc1ccc(CCN2C(=O)[C@H]3C(C(=O)Nc4cccc(C)c4)[C@H]4C=CC3(O4)C2C(=O)NC2CCCCC2C)cc1OC. The third kappa shape index (κ3) is 5.18. The fourth-order valence-electron chi connectivity index (χ4n) is 7.53. The van der Waals surface area contributed by atoms with Crippen LogP contribution in [0.15, 0.2) is 54.6 Å². The predicted molar refractivity (Wildman–Crippen MR) is 162 cm³/mol. The number of methoxy groups -OCH3 is 2. The molecule has 0 aromatic heterocycles. The summed E-state index contributed by atoms with van der Waals surface area (Å²) in [4.78, 5) is 43.9. The van der Waals surface area contributed by atoms with Crippen LogP contribution < -0.4 is 20.1 Å². The number of likely N-dealkylation sites (tertiary alicyclic amines) is 1. The molecule has 3 amide bonds. The second-order valence-electron chi connectivity index (χ2n) is 12.4. The van der Waals surface area contributed by atoms with E-state index in [1.54, 1.807) is 19.1 Å². The van der Waals surface area contributed by atoms with Crippen molar-refractivity contribution in [3.8, 4) is 11.5 Å². The number of carbonyl (C=O) groups excluding carboxylic acids is 3. The maximum Gasteiger partial charge on any atom is 0.246 e. The Bertz CT molecular complexity index is 1440. The Morgan fingerprint density at radius 2 is 1.84 bits per heavy atom. The summed E-state index contributed by atoms with van der Waals surface area (Å²) in [6, 6.07) is 12.4. The monoisotopic (exact) mass is 587 g/mol. The molecule has 2 aromatic rings. The minimum Gasteiger partial charge on any atom is -0.493 e. The number of nitrogens with zero attached hydrogens (tertiary/aromatic N) is 1. The zero-order chi connectivity index (χ0) is 30.3. The zero-order valence-corrected chi connectivity index (χ0v) is 25.3. The Balaban J connectivity index is 1.30. The summed E-state index contributed by atoms with van der Waals surface area (Å²) >= 11 is 0. The van der Waals surface area contributed by atoms with E-state index >= 15 is 0 Å². The van der Waals surface area contributed by atoms with Crippen LogP contribution in [0.1, 0.15) is 43.7 Å². The van der Waals surface area contributed by atoms with Crippen LogP contribution in [0.3, 0.4) is 0 Å². The van der Waals surface area contributed by atoms with E-state index in [1.807, 2.05) is 61.5 Å². The number of hydrogen-bond donors (Lipinski definition) is 2. The van der Waals surface area contributed by atoms with Gasteiger partial charge in [0.05, 0.1) is 32.2 Å². The van der Waals surface area contributed by atoms with E-state index in [2.05, 4.69) is 17.6 Å². The molecule has 9 nitrogen and oxygen atoms in total. The molecule has 2 aromatic carbocycles. The summed E-state index contributed by atoms with van der Waals surface area (Å²) in [7, 11) is 3.17. The number of amides is 3. The highest BCUT2D eigenvalue weighted by atomic mass is 16.5. The van der Waals surface area contributed by atoms with Crippen molar-refractivity contribution in [2.24, 2.45) is 17.8 Å². The van der Waals surface area contributed by atoms with Crippen molar-refractivity contribution in [1.29, 1.82) is 0 Å². The molecule has 1 saturated carbocycles. The van der Waals surface area contributed by atoms with Crippen molar-refractivity contribution in [1.82, 2.24) is 10.2 Å². The van der Waals surface area contributed by atoms with E-state index in [-0.39, 0.29) is 23.8 Å². The highest BCUT2D eigenvalue weighted by Gasteiger charge is 2.72. The quantitative estimate of drug-likeness (QED) is 0.429. The van der Waals surface area contributed by atoms with Crippen molar-refractivity contribution in [3.63, 3.8) is 0 Å². The first-order valence-electron chi connectivity index (χ1n) is 15.3. The lowest BCUT2D eigenvalue weighted by atomic mass is 9.74. The van der Waals surface area contributed by atoms with Crippen molar-refractivity contribution >= 4 is 23.4 Å². The molecule has 2 bridgehead atoms. The largest absolute Gasteiger partial charge is 0.493 e. The van der Waals surface area contributed by atoms with Crippen LogP contribution in [-0.2, 0) is 25.5 Å². The van der Waals surface area contributed by atoms with Gasteiger partial charge in [-0.15, -0.1) is 0 Å². The molecule has 0 radical (unpaired) electrons. The van der Waals surface area contributed by atoms with Crippen LogP contribution in [0.2, 0.25) is 0 Å². The van der Waals surface area contributed by atoms with Gasteiger partial charge in [0.25, 0.3) is 0 Å². The lowest BCUT2D eigenvalue weighted by Crippen LogP contribution is -2.57. The van der Waals surface area contributed by atoms with Crippen LogP contribution >= 0.6 is 0 Å². The molecular weight excluding hydrogens is 546 g/mol. The molecule has 2 N–H and O–H groups in total. The van der Waals surface area contributed by atoms with E-state index in [0.717, 1.165) is 36.8 Å². The average Bonchev–Trinajstić information content (AvgIpc) is 3.64. The van der Waals surface area contributed by atoms with Crippen molar-refractivity contribution in [2.45, 2.75) is 69.7 Å². The molecule has 43 heavy (non-hydrogen) atoms. The number of nitrogens with one attached hydrogen (secondary N) is 2. The summed E-state index contributed by atoms with van der Waals surface area (Å²) in [5.41, 5.74) is 1.43. The van der Waals surface area contributed by atoms with Crippen molar-refractivity contribution in [3.05, 3.63) is 65.7 Å². The van der Waals surface area contributed by atoms with Gasteiger partial charge in [0, 0.05) is 18.3 Å². The highest BCUT2D eigenvalue weighted by molar-refractivity contribution is 6.02. The van der Waals surface area contributed by atoms with Crippen molar-refractivity contribution in [2.75, 3.05) is 26.1 Å². The van der Waals surface area contributed by atoms with Crippen molar-refractivity contribution < 1.29 is 28.6 Å².